The average molecular weight is 204 g/mol. The van der Waals surface area contributed by atoms with Crippen molar-refractivity contribution in [2.24, 2.45) is 0 Å². The number of hydrogen-bond donors (Lipinski definition) is 1. The van der Waals surface area contributed by atoms with Gasteiger partial charge in [-0.3, -0.25) is 0 Å². The molecule has 0 aromatic heterocycles. The smallest absolute Gasteiger partial charge is 0.0583 e. The minimum Gasteiger partial charge on any atom is -0.393 e. The third kappa shape index (κ3) is 4.80. The minimum atomic E-state index is -0.246. The zero-order valence-electron chi connectivity index (χ0n) is 9.66. The van der Waals surface area contributed by atoms with E-state index >= 15 is 0 Å². The molecule has 0 radical (unpaired) electrons. The molecule has 0 aliphatic carbocycles. The zero-order chi connectivity index (χ0) is 11.3. The predicted octanol–water partition coefficient (Wildman–Crippen LogP) is 3.25. The van der Waals surface area contributed by atoms with E-state index in [1.807, 2.05) is 6.92 Å². The molecule has 0 saturated heterocycles. The van der Waals surface area contributed by atoms with Gasteiger partial charge in [0.25, 0.3) is 0 Å². The predicted molar refractivity (Wildman–Crippen MR) is 64.9 cm³/mol. The van der Waals surface area contributed by atoms with Crippen LogP contribution in [0.5, 0.6) is 0 Å². The van der Waals surface area contributed by atoms with Gasteiger partial charge in [-0.05, 0) is 38.7 Å². The Balaban J connectivity index is 2.40. The van der Waals surface area contributed by atoms with Gasteiger partial charge in [0, 0.05) is 0 Å². The van der Waals surface area contributed by atoms with E-state index in [0.717, 1.165) is 24.8 Å². The number of aliphatic hydroxyl groups excluding tert-OH is 1. The quantitative estimate of drug-likeness (QED) is 0.730. The van der Waals surface area contributed by atoms with E-state index in [4.69, 9.17) is 0 Å². The van der Waals surface area contributed by atoms with Crippen molar-refractivity contribution in [3.8, 4) is 0 Å². The van der Waals surface area contributed by atoms with Crippen LogP contribution in [0.15, 0.2) is 36.4 Å². The SMILES string of the molecule is C=C(C)CCC(O)Cc1ccc(C)cc1. The topological polar surface area (TPSA) is 20.2 Å². The summed E-state index contributed by atoms with van der Waals surface area (Å²) in [5, 5.41) is 9.78. The molecule has 15 heavy (non-hydrogen) atoms. The van der Waals surface area contributed by atoms with Crippen molar-refractivity contribution >= 4 is 0 Å². The highest BCUT2D eigenvalue weighted by molar-refractivity contribution is 5.21. The molecule has 1 heteroatoms. The van der Waals surface area contributed by atoms with E-state index in [-0.39, 0.29) is 6.10 Å². The lowest BCUT2D eigenvalue weighted by Gasteiger charge is -2.10. The van der Waals surface area contributed by atoms with Crippen LogP contribution < -0.4 is 0 Å². The summed E-state index contributed by atoms with van der Waals surface area (Å²) in [6.07, 6.45) is 2.22. The summed E-state index contributed by atoms with van der Waals surface area (Å²) in [7, 11) is 0. The molecule has 1 rings (SSSR count). The normalized spacial score (nSPS) is 12.5. The molecule has 0 bridgehead atoms. The lowest BCUT2D eigenvalue weighted by molar-refractivity contribution is 0.165. The van der Waals surface area contributed by atoms with Crippen LogP contribution in [0, 0.1) is 6.92 Å². The van der Waals surface area contributed by atoms with Gasteiger partial charge in [0.05, 0.1) is 6.10 Å². The molecule has 1 aromatic carbocycles. The summed E-state index contributed by atoms with van der Waals surface area (Å²) in [4.78, 5) is 0. The summed E-state index contributed by atoms with van der Waals surface area (Å²) in [6, 6.07) is 8.33. The molecule has 0 aliphatic heterocycles. The van der Waals surface area contributed by atoms with Crippen molar-refractivity contribution in [3.63, 3.8) is 0 Å². The Morgan fingerprint density at radius 2 is 1.93 bits per heavy atom. The van der Waals surface area contributed by atoms with Crippen LogP contribution in [0.25, 0.3) is 0 Å². The number of benzene rings is 1. The first kappa shape index (κ1) is 12.0. The van der Waals surface area contributed by atoms with E-state index in [1.54, 1.807) is 0 Å². The standard InChI is InChI=1S/C14H20O/c1-11(2)4-9-14(15)10-13-7-5-12(3)6-8-13/h5-8,14-15H,1,4,9-10H2,2-3H3. The Bertz CT molecular complexity index is 311. The summed E-state index contributed by atoms with van der Waals surface area (Å²) in [5.41, 5.74) is 3.60. The maximum atomic E-state index is 9.78. The van der Waals surface area contributed by atoms with Crippen LogP contribution in [0.3, 0.4) is 0 Å². The molecule has 0 heterocycles. The van der Waals surface area contributed by atoms with E-state index < -0.39 is 0 Å². The monoisotopic (exact) mass is 204 g/mol. The van der Waals surface area contributed by atoms with Crippen molar-refractivity contribution in [2.45, 2.75) is 39.2 Å². The van der Waals surface area contributed by atoms with Gasteiger partial charge in [0.2, 0.25) is 0 Å². The minimum absolute atomic E-state index is 0.246. The molecule has 1 unspecified atom stereocenters. The van der Waals surface area contributed by atoms with Gasteiger partial charge < -0.3 is 5.11 Å². The second kappa shape index (κ2) is 5.72. The van der Waals surface area contributed by atoms with Crippen LogP contribution in [0.1, 0.15) is 30.9 Å². The Kier molecular flexibility index (Phi) is 4.57. The van der Waals surface area contributed by atoms with Crippen LogP contribution in [-0.4, -0.2) is 11.2 Å². The van der Waals surface area contributed by atoms with E-state index in [2.05, 4.69) is 37.8 Å². The number of rotatable bonds is 5. The van der Waals surface area contributed by atoms with Crippen LogP contribution in [0.2, 0.25) is 0 Å². The van der Waals surface area contributed by atoms with E-state index in [1.165, 1.54) is 11.1 Å². The lowest BCUT2D eigenvalue weighted by Crippen LogP contribution is -2.10. The highest BCUT2D eigenvalue weighted by atomic mass is 16.3. The largest absolute Gasteiger partial charge is 0.393 e. The molecule has 0 fully saturated rings. The summed E-state index contributed by atoms with van der Waals surface area (Å²) in [5.74, 6) is 0. The Hall–Kier alpha value is -1.08. The van der Waals surface area contributed by atoms with Crippen molar-refractivity contribution in [1.29, 1.82) is 0 Å². The van der Waals surface area contributed by atoms with E-state index in [9.17, 15) is 5.11 Å². The first-order chi connectivity index (χ1) is 7.08. The molecule has 0 amide bonds. The molecule has 1 N–H and O–H groups in total. The molecular formula is C14H20O. The summed E-state index contributed by atoms with van der Waals surface area (Å²) in [6.45, 7) is 7.90. The number of aryl methyl sites for hydroxylation is 1. The molecule has 0 spiro atoms. The van der Waals surface area contributed by atoms with Crippen molar-refractivity contribution in [2.75, 3.05) is 0 Å². The lowest BCUT2D eigenvalue weighted by atomic mass is 10.0. The van der Waals surface area contributed by atoms with Gasteiger partial charge in [0.15, 0.2) is 0 Å². The van der Waals surface area contributed by atoms with Gasteiger partial charge in [-0.1, -0.05) is 35.4 Å². The Labute approximate surface area is 92.5 Å². The second-order valence-corrected chi connectivity index (χ2v) is 4.34. The highest BCUT2D eigenvalue weighted by Gasteiger charge is 2.05. The fraction of sp³-hybridized carbons (Fsp3) is 0.429. The molecule has 1 nitrogen and oxygen atoms in total. The van der Waals surface area contributed by atoms with Crippen LogP contribution in [-0.2, 0) is 6.42 Å². The van der Waals surface area contributed by atoms with Gasteiger partial charge in [0.1, 0.15) is 0 Å². The number of aliphatic hydroxyl groups is 1. The zero-order valence-corrected chi connectivity index (χ0v) is 9.66. The number of hydrogen-bond acceptors (Lipinski definition) is 1. The molecule has 0 aliphatic rings. The van der Waals surface area contributed by atoms with Crippen molar-refractivity contribution < 1.29 is 5.11 Å². The molecule has 82 valence electrons. The van der Waals surface area contributed by atoms with Crippen molar-refractivity contribution in [1.82, 2.24) is 0 Å². The van der Waals surface area contributed by atoms with Crippen molar-refractivity contribution in [3.05, 3.63) is 47.5 Å². The Morgan fingerprint density at radius 1 is 1.33 bits per heavy atom. The maximum absolute atomic E-state index is 9.78. The van der Waals surface area contributed by atoms with Crippen LogP contribution >= 0.6 is 0 Å². The molecule has 0 saturated carbocycles. The van der Waals surface area contributed by atoms with Gasteiger partial charge in [-0.25, -0.2) is 0 Å². The highest BCUT2D eigenvalue weighted by Crippen LogP contribution is 2.11. The molecule has 1 aromatic rings. The summed E-state index contributed by atoms with van der Waals surface area (Å²) < 4.78 is 0. The fourth-order valence-electron chi connectivity index (χ4n) is 1.51. The Morgan fingerprint density at radius 3 is 2.47 bits per heavy atom. The summed E-state index contributed by atoms with van der Waals surface area (Å²) >= 11 is 0. The fourth-order valence-corrected chi connectivity index (χ4v) is 1.51. The van der Waals surface area contributed by atoms with E-state index in [0.29, 0.717) is 0 Å². The maximum Gasteiger partial charge on any atom is 0.0583 e. The second-order valence-electron chi connectivity index (χ2n) is 4.34. The molecule has 1 atom stereocenters. The number of allylic oxidation sites excluding steroid dienone is 1. The average Bonchev–Trinajstić information content (AvgIpc) is 2.19. The van der Waals surface area contributed by atoms with Gasteiger partial charge in [-0.15, -0.1) is 6.58 Å². The third-order valence-corrected chi connectivity index (χ3v) is 2.50. The first-order valence-electron chi connectivity index (χ1n) is 5.46. The van der Waals surface area contributed by atoms with Gasteiger partial charge >= 0.3 is 0 Å². The first-order valence-corrected chi connectivity index (χ1v) is 5.46. The third-order valence-electron chi connectivity index (χ3n) is 2.50. The molecular weight excluding hydrogens is 184 g/mol. The van der Waals surface area contributed by atoms with Crippen LogP contribution in [0.4, 0.5) is 0 Å². The van der Waals surface area contributed by atoms with Gasteiger partial charge in [-0.2, -0.15) is 0 Å².